The van der Waals surface area contributed by atoms with Crippen molar-refractivity contribution in [3.05, 3.63) is 0 Å². The second-order valence-corrected chi connectivity index (χ2v) is 2.04. The van der Waals surface area contributed by atoms with Crippen LogP contribution in [0.5, 0.6) is 0 Å². The smallest absolute Gasteiger partial charge is 0.325 e. The van der Waals surface area contributed by atoms with Crippen LogP contribution < -0.4 is 5.32 Å². The van der Waals surface area contributed by atoms with Gasteiger partial charge in [-0.15, -0.1) is 0 Å². The van der Waals surface area contributed by atoms with Crippen LogP contribution in [0.15, 0.2) is 0 Å². The number of rotatable bonds is 5. The summed E-state index contributed by atoms with van der Waals surface area (Å²) in [5.74, 6) is -0.392. The highest BCUT2D eigenvalue weighted by molar-refractivity contribution is 5.75. The minimum Gasteiger partial charge on any atom is -0.465 e. The number of esters is 1. The number of ether oxygens (including phenoxy) is 1. The molecule has 0 aliphatic carbocycles. The van der Waals surface area contributed by atoms with Gasteiger partial charge in [-0.05, 0) is 13.5 Å². The zero-order valence-electron chi connectivity index (χ0n) is 6.96. The van der Waals surface area contributed by atoms with Crippen molar-refractivity contribution in [2.75, 3.05) is 19.8 Å². The second-order valence-electron chi connectivity index (χ2n) is 2.04. The molecular weight excluding hydrogens is 146 g/mol. The van der Waals surface area contributed by atoms with Gasteiger partial charge in [0.25, 0.3) is 0 Å². The molecule has 0 fully saturated rings. The molecular formula is C7H15NO3. The summed E-state index contributed by atoms with van der Waals surface area (Å²) in [5, 5.41) is 11.5. The van der Waals surface area contributed by atoms with Crippen LogP contribution in [-0.2, 0) is 9.53 Å². The predicted molar refractivity (Wildman–Crippen MR) is 41.2 cm³/mol. The molecule has 0 spiro atoms. The van der Waals surface area contributed by atoms with Crippen LogP contribution in [0.25, 0.3) is 0 Å². The Bertz CT molecular complexity index is 116. The number of carbonyl (C=O) groups excluding carboxylic acids is 1. The van der Waals surface area contributed by atoms with Crippen LogP contribution in [0.2, 0.25) is 0 Å². The van der Waals surface area contributed by atoms with Gasteiger partial charge in [0.1, 0.15) is 6.04 Å². The minimum atomic E-state index is -0.569. The first-order chi connectivity index (χ1) is 5.26. The normalized spacial score (nSPS) is 12.6. The quantitative estimate of drug-likeness (QED) is 0.535. The number of hydrogen-bond donors (Lipinski definition) is 2. The maximum absolute atomic E-state index is 10.9. The van der Waals surface area contributed by atoms with Crippen molar-refractivity contribution < 1.29 is 14.6 Å². The fraction of sp³-hybridized carbons (Fsp3) is 0.857. The number of aliphatic hydroxyl groups excluding tert-OH is 1. The third kappa shape index (κ3) is 3.95. The highest BCUT2D eigenvalue weighted by Crippen LogP contribution is 1.87. The van der Waals surface area contributed by atoms with Gasteiger partial charge in [-0.1, -0.05) is 6.92 Å². The zero-order valence-corrected chi connectivity index (χ0v) is 6.96. The van der Waals surface area contributed by atoms with Gasteiger partial charge in [0.05, 0.1) is 13.2 Å². The van der Waals surface area contributed by atoms with Gasteiger partial charge in [-0.3, -0.25) is 4.79 Å². The molecule has 0 radical (unpaired) electrons. The van der Waals surface area contributed by atoms with Gasteiger partial charge in [0.2, 0.25) is 0 Å². The summed E-state index contributed by atoms with van der Waals surface area (Å²) in [5.41, 5.74) is 0. The average molecular weight is 161 g/mol. The Morgan fingerprint density at radius 3 is 2.64 bits per heavy atom. The standard InChI is InChI=1S/C7H15NO3/c1-3-8-6(5-9)7(10)11-4-2/h6,8-9H,3-5H2,1-2H3/t6-/m0/s1. The molecule has 11 heavy (non-hydrogen) atoms. The van der Waals surface area contributed by atoms with Crippen molar-refractivity contribution in [3.8, 4) is 0 Å². The SMILES string of the molecule is CCN[C@@H](CO)C(=O)OCC. The van der Waals surface area contributed by atoms with E-state index in [-0.39, 0.29) is 6.61 Å². The van der Waals surface area contributed by atoms with E-state index in [0.29, 0.717) is 13.2 Å². The average Bonchev–Trinajstić information content (AvgIpc) is 2.00. The summed E-state index contributed by atoms with van der Waals surface area (Å²) in [7, 11) is 0. The van der Waals surface area contributed by atoms with Crippen LogP contribution in [0, 0.1) is 0 Å². The summed E-state index contributed by atoms with van der Waals surface area (Å²) in [6.07, 6.45) is 0. The van der Waals surface area contributed by atoms with Gasteiger partial charge >= 0.3 is 5.97 Å². The number of aliphatic hydroxyl groups is 1. The Labute approximate surface area is 66.5 Å². The number of hydrogen-bond acceptors (Lipinski definition) is 4. The van der Waals surface area contributed by atoms with E-state index >= 15 is 0 Å². The summed E-state index contributed by atoms with van der Waals surface area (Å²) in [4.78, 5) is 10.9. The molecule has 2 N–H and O–H groups in total. The van der Waals surface area contributed by atoms with E-state index in [1.165, 1.54) is 0 Å². The third-order valence-corrected chi connectivity index (χ3v) is 1.20. The van der Waals surface area contributed by atoms with E-state index < -0.39 is 12.0 Å². The second kappa shape index (κ2) is 6.12. The molecule has 0 amide bonds. The first-order valence-corrected chi connectivity index (χ1v) is 3.77. The number of carbonyl (C=O) groups is 1. The number of likely N-dealkylation sites (N-methyl/N-ethyl adjacent to an activating group) is 1. The van der Waals surface area contributed by atoms with Crippen molar-refractivity contribution in [1.82, 2.24) is 5.32 Å². The summed E-state index contributed by atoms with van der Waals surface area (Å²) < 4.78 is 4.69. The highest BCUT2D eigenvalue weighted by atomic mass is 16.5. The largest absolute Gasteiger partial charge is 0.465 e. The lowest BCUT2D eigenvalue weighted by Crippen LogP contribution is -2.40. The molecule has 1 atom stereocenters. The lowest BCUT2D eigenvalue weighted by atomic mass is 10.3. The van der Waals surface area contributed by atoms with E-state index in [1.807, 2.05) is 6.92 Å². The fourth-order valence-corrected chi connectivity index (χ4v) is 0.712. The van der Waals surface area contributed by atoms with Crippen LogP contribution in [0.3, 0.4) is 0 Å². The maximum atomic E-state index is 10.9. The van der Waals surface area contributed by atoms with Crippen molar-refractivity contribution in [2.45, 2.75) is 19.9 Å². The summed E-state index contributed by atoms with van der Waals surface area (Å²) in [6, 6.07) is -0.569. The van der Waals surface area contributed by atoms with E-state index in [4.69, 9.17) is 5.11 Å². The predicted octanol–water partition coefficient (Wildman–Crippen LogP) is -0.480. The molecule has 66 valence electrons. The molecule has 0 saturated carbocycles. The van der Waals surface area contributed by atoms with Crippen LogP contribution in [-0.4, -0.2) is 36.9 Å². The summed E-state index contributed by atoms with van der Waals surface area (Å²) in [6.45, 7) is 4.37. The molecule has 0 aromatic heterocycles. The molecule has 0 heterocycles. The third-order valence-electron chi connectivity index (χ3n) is 1.20. The monoisotopic (exact) mass is 161 g/mol. The van der Waals surface area contributed by atoms with Crippen molar-refractivity contribution >= 4 is 5.97 Å². The molecule has 0 aliphatic rings. The van der Waals surface area contributed by atoms with Gasteiger partial charge < -0.3 is 15.2 Å². The Kier molecular flexibility index (Phi) is 5.78. The van der Waals surface area contributed by atoms with E-state index in [2.05, 4.69) is 10.1 Å². The lowest BCUT2D eigenvalue weighted by molar-refractivity contribution is -0.146. The van der Waals surface area contributed by atoms with E-state index in [9.17, 15) is 4.79 Å². The molecule has 0 aromatic carbocycles. The summed E-state index contributed by atoms with van der Waals surface area (Å²) >= 11 is 0. The van der Waals surface area contributed by atoms with Gasteiger partial charge in [-0.25, -0.2) is 0 Å². The highest BCUT2D eigenvalue weighted by Gasteiger charge is 2.16. The molecule has 4 nitrogen and oxygen atoms in total. The molecule has 4 heteroatoms. The Morgan fingerprint density at radius 2 is 2.27 bits per heavy atom. The van der Waals surface area contributed by atoms with Crippen molar-refractivity contribution in [1.29, 1.82) is 0 Å². The van der Waals surface area contributed by atoms with E-state index in [1.54, 1.807) is 6.92 Å². The number of nitrogens with one attached hydrogen (secondary N) is 1. The van der Waals surface area contributed by atoms with Crippen LogP contribution in [0.4, 0.5) is 0 Å². The molecule has 0 aromatic rings. The molecule has 0 rings (SSSR count). The van der Waals surface area contributed by atoms with Crippen LogP contribution in [0.1, 0.15) is 13.8 Å². The van der Waals surface area contributed by atoms with Crippen molar-refractivity contribution in [2.24, 2.45) is 0 Å². The van der Waals surface area contributed by atoms with Gasteiger partial charge in [-0.2, -0.15) is 0 Å². The van der Waals surface area contributed by atoms with E-state index in [0.717, 1.165) is 0 Å². The first kappa shape index (κ1) is 10.4. The maximum Gasteiger partial charge on any atom is 0.325 e. The first-order valence-electron chi connectivity index (χ1n) is 3.77. The van der Waals surface area contributed by atoms with Gasteiger partial charge in [0.15, 0.2) is 0 Å². The molecule has 0 unspecified atom stereocenters. The topological polar surface area (TPSA) is 58.6 Å². The molecule has 0 aliphatic heterocycles. The lowest BCUT2D eigenvalue weighted by Gasteiger charge is -2.12. The minimum absolute atomic E-state index is 0.216. The molecule has 0 bridgehead atoms. The Hall–Kier alpha value is -0.610. The van der Waals surface area contributed by atoms with Gasteiger partial charge in [0, 0.05) is 0 Å². The molecule has 0 saturated heterocycles. The van der Waals surface area contributed by atoms with Crippen LogP contribution >= 0.6 is 0 Å². The van der Waals surface area contributed by atoms with Crippen molar-refractivity contribution in [3.63, 3.8) is 0 Å². The Balaban J connectivity index is 3.71. The Morgan fingerprint density at radius 1 is 1.64 bits per heavy atom. The fourth-order valence-electron chi connectivity index (χ4n) is 0.712. The zero-order chi connectivity index (χ0) is 8.69.